The van der Waals surface area contributed by atoms with Crippen LogP contribution in [0, 0.1) is 0 Å². The lowest BCUT2D eigenvalue weighted by molar-refractivity contribution is 0.0929. The van der Waals surface area contributed by atoms with Gasteiger partial charge in [-0.05, 0) is 31.0 Å². The molecule has 0 aromatic heterocycles. The minimum Gasteiger partial charge on any atom is -0.495 e. The van der Waals surface area contributed by atoms with Gasteiger partial charge in [-0.15, -0.1) is 0 Å². The van der Waals surface area contributed by atoms with Gasteiger partial charge in [-0.1, -0.05) is 6.92 Å². The second kappa shape index (κ2) is 6.86. The number of carbonyl (C=O) groups excluding carboxylic acids is 1. The van der Waals surface area contributed by atoms with Crippen LogP contribution in [0.4, 0.5) is 5.69 Å². The van der Waals surface area contributed by atoms with Crippen molar-refractivity contribution < 1.29 is 14.6 Å². The fraction of sp³-hybridized carbons (Fsp3) is 0.462. The van der Waals surface area contributed by atoms with Crippen LogP contribution >= 0.6 is 0 Å². The van der Waals surface area contributed by atoms with Crippen LogP contribution in [0.1, 0.15) is 30.1 Å². The van der Waals surface area contributed by atoms with Crippen LogP contribution in [0.3, 0.4) is 0 Å². The number of nitrogen functional groups attached to an aromatic ring is 1. The second-order valence-electron chi connectivity index (χ2n) is 4.05. The van der Waals surface area contributed by atoms with Gasteiger partial charge in [0.2, 0.25) is 0 Å². The molecule has 4 N–H and O–H groups in total. The molecule has 0 spiro atoms. The Morgan fingerprint density at radius 1 is 1.56 bits per heavy atom. The Hall–Kier alpha value is -1.75. The highest BCUT2D eigenvalue weighted by molar-refractivity contribution is 5.95. The molecule has 18 heavy (non-hydrogen) atoms. The van der Waals surface area contributed by atoms with Gasteiger partial charge in [0.1, 0.15) is 5.75 Å². The zero-order chi connectivity index (χ0) is 13.5. The zero-order valence-corrected chi connectivity index (χ0v) is 10.8. The minimum atomic E-state index is -0.186. The molecule has 0 bridgehead atoms. The molecule has 1 atom stereocenters. The maximum Gasteiger partial charge on any atom is 0.251 e. The van der Waals surface area contributed by atoms with Gasteiger partial charge in [0.05, 0.1) is 12.8 Å². The molecule has 0 radical (unpaired) electrons. The van der Waals surface area contributed by atoms with E-state index in [1.165, 1.54) is 7.11 Å². The number of aliphatic hydroxyl groups excluding tert-OH is 1. The SMILES string of the molecule is CCC(CCO)NC(=O)c1ccc(N)c(OC)c1. The van der Waals surface area contributed by atoms with Gasteiger partial charge < -0.3 is 20.9 Å². The number of aliphatic hydroxyl groups is 1. The number of carbonyl (C=O) groups is 1. The van der Waals surface area contributed by atoms with Gasteiger partial charge in [-0.25, -0.2) is 0 Å². The highest BCUT2D eigenvalue weighted by Gasteiger charge is 2.13. The number of rotatable bonds is 6. The third-order valence-corrected chi connectivity index (χ3v) is 2.80. The van der Waals surface area contributed by atoms with E-state index in [0.717, 1.165) is 6.42 Å². The number of hydrogen-bond acceptors (Lipinski definition) is 4. The van der Waals surface area contributed by atoms with Gasteiger partial charge in [0.25, 0.3) is 5.91 Å². The van der Waals surface area contributed by atoms with Crippen LogP contribution < -0.4 is 15.8 Å². The fourth-order valence-corrected chi connectivity index (χ4v) is 1.66. The first kappa shape index (κ1) is 14.3. The molecule has 0 fully saturated rings. The van der Waals surface area contributed by atoms with E-state index < -0.39 is 0 Å². The molecule has 100 valence electrons. The third kappa shape index (κ3) is 3.63. The van der Waals surface area contributed by atoms with Crippen LogP contribution in [0.5, 0.6) is 5.75 Å². The summed E-state index contributed by atoms with van der Waals surface area (Å²) in [6.45, 7) is 2.02. The Balaban J connectivity index is 2.77. The lowest BCUT2D eigenvalue weighted by atomic mass is 10.1. The quantitative estimate of drug-likeness (QED) is 0.663. The van der Waals surface area contributed by atoms with Crippen LogP contribution in [0.2, 0.25) is 0 Å². The van der Waals surface area contributed by atoms with E-state index in [2.05, 4.69) is 5.32 Å². The molecular weight excluding hydrogens is 232 g/mol. The van der Waals surface area contributed by atoms with Crippen LogP contribution in [0.15, 0.2) is 18.2 Å². The Morgan fingerprint density at radius 2 is 2.28 bits per heavy atom. The molecule has 0 heterocycles. The Kier molecular flexibility index (Phi) is 5.45. The van der Waals surface area contributed by atoms with Gasteiger partial charge in [0.15, 0.2) is 0 Å². The lowest BCUT2D eigenvalue weighted by Crippen LogP contribution is -2.35. The Morgan fingerprint density at radius 3 is 2.83 bits per heavy atom. The van der Waals surface area contributed by atoms with Crippen molar-refractivity contribution >= 4 is 11.6 Å². The minimum absolute atomic E-state index is 0.0222. The summed E-state index contributed by atoms with van der Waals surface area (Å²) >= 11 is 0. The molecule has 0 aliphatic rings. The Labute approximate surface area is 107 Å². The van der Waals surface area contributed by atoms with E-state index in [1.807, 2.05) is 6.92 Å². The predicted molar refractivity (Wildman–Crippen MR) is 70.7 cm³/mol. The summed E-state index contributed by atoms with van der Waals surface area (Å²) in [6.07, 6.45) is 1.33. The average Bonchev–Trinajstić information content (AvgIpc) is 2.38. The van der Waals surface area contributed by atoms with Crippen molar-refractivity contribution in [2.24, 2.45) is 0 Å². The summed E-state index contributed by atoms with van der Waals surface area (Å²) in [7, 11) is 1.51. The third-order valence-electron chi connectivity index (χ3n) is 2.80. The molecule has 0 saturated carbocycles. The molecule has 1 aromatic carbocycles. The Bertz CT molecular complexity index is 407. The first-order valence-corrected chi connectivity index (χ1v) is 5.97. The van der Waals surface area contributed by atoms with Crippen molar-refractivity contribution in [2.75, 3.05) is 19.5 Å². The topological polar surface area (TPSA) is 84.6 Å². The number of hydrogen-bond donors (Lipinski definition) is 3. The van der Waals surface area contributed by atoms with E-state index in [0.29, 0.717) is 23.4 Å². The van der Waals surface area contributed by atoms with Crippen molar-refractivity contribution in [3.63, 3.8) is 0 Å². The molecule has 0 saturated heterocycles. The summed E-state index contributed by atoms with van der Waals surface area (Å²) in [5.41, 5.74) is 6.68. The lowest BCUT2D eigenvalue weighted by Gasteiger charge is -2.16. The van der Waals surface area contributed by atoms with Crippen LogP contribution in [-0.4, -0.2) is 30.8 Å². The van der Waals surface area contributed by atoms with E-state index in [-0.39, 0.29) is 18.6 Å². The van der Waals surface area contributed by atoms with Gasteiger partial charge in [-0.2, -0.15) is 0 Å². The number of methoxy groups -OCH3 is 1. The molecule has 1 rings (SSSR count). The normalized spacial score (nSPS) is 11.9. The second-order valence-corrected chi connectivity index (χ2v) is 4.05. The molecule has 0 aliphatic carbocycles. The molecule has 1 unspecified atom stereocenters. The molecular formula is C13H20N2O3. The van der Waals surface area contributed by atoms with Gasteiger partial charge >= 0.3 is 0 Å². The largest absolute Gasteiger partial charge is 0.495 e. The van der Waals surface area contributed by atoms with Gasteiger partial charge in [0, 0.05) is 18.2 Å². The maximum atomic E-state index is 12.0. The number of nitrogens with two attached hydrogens (primary N) is 1. The fourth-order valence-electron chi connectivity index (χ4n) is 1.66. The highest BCUT2D eigenvalue weighted by atomic mass is 16.5. The summed E-state index contributed by atoms with van der Waals surface area (Å²) < 4.78 is 5.07. The molecule has 1 amide bonds. The maximum absolute atomic E-state index is 12.0. The first-order valence-electron chi connectivity index (χ1n) is 5.97. The van der Waals surface area contributed by atoms with Gasteiger partial charge in [-0.3, -0.25) is 4.79 Å². The summed E-state index contributed by atoms with van der Waals surface area (Å²) in [4.78, 5) is 12.0. The monoisotopic (exact) mass is 252 g/mol. The number of anilines is 1. The summed E-state index contributed by atoms with van der Waals surface area (Å²) in [6, 6.07) is 4.88. The first-order chi connectivity index (χ1) is 8.62. The zero-order valence-electron chi connectivity index (χ0n) is 10.8. The van der Waals surface area contributed by atoms with E-state index >= 15 is 0 Å². The number of ether oxygens (including phenoxy) is 1. The summed E-state index contributed by atoms with van der Waals surface area (Å²) in [5, 5.41) is 11.7. The van der Waals surface area contributed by atoms with Crippen molar-refractivity contribution in [1.29, 1.82) is 0 Å². The number of nitrogens with one attached hydrogen (secondary N) is 1. The molecule has 5 nitrogen and oxygen atoms in total. The standard InChI is InChI=1S/C13H20N2O3/c1-3-10(6-7-16)15-13(17)9-4-5-11(14)12(8-9)18-2/h4-5,8,10,16H,3,6-7,14H2,1-2H3,(H,15,17). The van der Waals surface area contributed by atoms with Crippen molar-refractivity contribution in [1.82, 2.24) is 5.32 Å². The number of amides is 1. The average molecular weight is 252 g/mol. The molecule has 5 heteroatoms. The molecule has 0 aliphatic heterocycles. The molecule has 1 aromatic rings. The highest BCUT2D eigenvalue weighted by Crippen LogP contribution is 2.22. The van der Waals surface area contributed by atoms with Crippen molar-refractivity contribution in [3.8, 4) is 5.75 Å². The number of benzene rings is 1. The summed E-state index contributed by atoms with van der Waals surface area (Å²) in [5.74, 6) is 0.298. The van der Waals surface area contributed by atoms with Crippen LogP contribution in [0.25, 0.3) is 0 Å². The van der Waals surface area contributed by atoms with Crippen molar-refractivity contribution in [3.05, 3.63) is 23.8 Å². The smallest absolute Gasteiger partial charge is 0.251 e. The van der Waals surface area contributed by atoms with E-state index in [1.54, 1.807) is 18.2 Å². The predicted octanol–water partition coefficient (Wildman–Crippen LogP) is 1.17. The van der Waals surface area contributed by atoms with Crippen LogP contribution in [-0.2, 0) is 0 Å². The van der Waals surface area contributed by atoms with E-state index in [4.69, 9.17) is 15.6 Å². The van der Waals surface area contributed by atoms with E-state index in [9.17, 15) is 4.79 Å². The van der Waals surface area contributed by atoms with Crippen molar-refractivity contribution in [2.45, 2.75) is 25.8 Å².